The molecule has 2 aliphatic heterocycles. The average Bonchev–Trinajstić information content (AvgIpc) is 3.70. The fourth-order valence-corrected chi connectivity index (χ4v) is 5.78. The van der Waals surface area contributed by atoms with Crippen LogP contribution in [0.1, 0.15) is 29.2 Å². The molecular weight excluding hydrogens is 532 g/mol. The van der Waals surface area contributed by atoms with Gasteiger partial charge in [0, 0.05) is 36.9 Å². The number of hydrogen-bond donors (Lipinski definition) is 3. The van der Waals surface area contributed by atoms with E-state index in [4.69, 9.17) is 4.74 Å². The van der Waals surface area contributed by atoms with Crippen LogP contribution in [0.4, 0.5) is 4.79 Å². The predicted molar refractivity (Wildman–Crippen MR) is 157 cm³/mol. The van der Waals surface area contributed by atoms with Crippen LogP contribution in [0.3, 0.4) is 0 Å². The lowest BCUT2D eigenvalue weighted by Gasteiger charge is -2.41. The molecule has 10 heteroatoms. The second-order valence-corrected chi connectivity index (χ2v) is 10.8. The first-order chi connectivity index (χ1) is 20.5. The number of H-pyrrole nitrogens is 1. The number of hydrogen-bond acceptors (Lipinski definition) is 6. The van der Waals surface area contributed by atoms with Crippen LogP contribution in [0.5, 0.6) is 0 Å². The van der Waals surface area contributed by atoms with Crippen LogP contribution in [0, 0.1) is 0 Å². The maximum absolute atomic E-state index is 13.8. The molecule has 0 bridgehead atoms. The zero-order valence-electron chi connectivity index (χ0n) is 23.2. The van der Waals surface area contributed by atoms with Crippen LogP contribution in [0.25, 0.3) is 10.9 Å². The molecule has 4 heterocycles. The van der Waals surface area contributed by atoms with Crippen LogP contribution in [-0.2, 0) is 27.5 Å². The van der Waals surface area contributed by atoms with Crippen molar-refractivity contribution in [3.63, 3.8) is 0 Å². The quantitative estimate of drug-likeness (QED) is 0.316. The molecule has 2 aromatic heterocycles. The Balaban J connectivity index is 1.14. The van der Waals surface area contributed by atoms with E-state index >= 15 is 0 Å². The lowest BCUT2D eigenvalue weighted by Crippen LogP contribution is -2.63. The van der Waals surface area contributed by atoms with Crippen molar-refractivity contribution < 1.29 is 19.1 Å². The number of nitrogens with zero attached hydrogens (tertiary/aromatic N) is 3. The smallest absolute Gasteiger partial charge is 0.410 e. The molecule has 42 heavy (non-hydrogen) atoms. The molecule has 0 aliphatic carbocycles. The van der Waals surface area contributed by atoms with Gasteiger partial charge in [-0.05, 0) is 35.6 Å². The summed E-state index contributed by atoms with van der Waals surface area (Å²) in [6, 6.07) is 22.2. The minimum Gasteiger partial charge on any atom is -0.445 e. The highest BCUT2D eigenvalue weighted by Crippen LogP contribution is 2.27. The molecule has 10 nitrogen and oxygen atoms in total. The molecule has 3 atom stereocenters. The molecular formula is C32H34N6O4. The summed E-state index contributed by atoms with van der Waals surface area (Å²) >= 11 is 0. The second-order valence-electron chi connectivity index (χ2n) is 10.8. The van der Waals surface area contributed by atoms with Crippen molar-refractivity contribution in [3.8, 4) is 0 Å². The zero-order valence-corrected chi connectivity index (χ0v) is 23.2. The predicted octanol–water partition coefficient (Wildman–Crippen LogP) is 3.17. The molecule has 0 radical (unpaired) electrons. The number of ether oxygens (including phenoxy) is 1. The number of amides is 3. The third kappa shape index (κ3) is 6.13. The molecule has 2 fully saturated rings. The van der Waals surface area contributed by atoms with E-state index in [1.807, 2.05) is 60.7 Å². The van der Waals surface area contributed by atoms with Gasteiger partial charge in [-0.3, -0.25) is 14.6 Å². The summed E-state index contributed by atoms with van der Waals surface area (Å²) in [5.74, 6) is -0.223. The number of aromatic nitrogens is 2. The molecule has 0 saturated carbocycles. The Kier molecular flexibility index (Phi) is 8.14. The molecule has 6 rings (SSSR count). The summed E-state index contributed by atoms with van der Waals surface area (Å²) in [6.45, 7) is 1.66. The van der Waals surface area contributed by atoms with Crippen molar-refractivity contribution in [2.75, 3.05) is 26.2 Å². The monoisotopic (exact) mass is 566 g/mol. The van der Waals surface area contributed by atoms with E-state index in [2.05, 4.69) is 32.7 Å². The molecule has 216 valence electrons. The highest BCUT2D eigenvalue weighted by molar-refractivity contribution is 5.91. The van der Waals surface area contributed by atoms with Gasteiger partial charge in [-0.1, -0.05) is 60.7 Å². The SMILES string of the molecule is O=C(NCc1cc2ccncc2[nH]1)[C@@H]1CN(C(=O)OCc2ccccc2)CCN1C(=O)[C@H]1C[C@@H](c2ccccc2)CN1. The Labute approximate surface area is 244 Å². The van der Waals surface area contributed by atoms with E-state index in [-0.39, 0.29) is 50.5 Å². The highest BCUT2D eigenvalue weighted by Gasteiger charge is 2.41. The summed E-state index contributed by atoms with van der Waals surface area (Å²) < 4.78 is 5.55. The average molecular weight is 567 g/mol. The van der Waals surface area contributed by atoms with E-state index in [9.17, 15) is 14.4 Å². The third-order valence-corrected chi connectivity index (χ3v) is 8.06. The number of carbonyl (C=O) groups is 3. The Morgan fingerprint density at radius 1 is 1.00 bits per heavy atom. The van der Waals surface area contributed by atoms with Gasteiger partial charge in [0.15, 0.2) is 0 Å². The number of fused-ring (bicyclic) bond motifs is 1. The van der Waals surface area contributed by atoms with Gasteiger partial charge in [0.25, 0.3) is 0 Å². The van der Waals surface area contributed by atoms with Gasteiger partial charge < -0.3 is 30.2 Å². The first-order valence-electron chi connectivity index (χ1n) is 14.3. The number of carbonyl (C=O) groups excluding carboxylic acids is 3. The van der Waals surface area contributed by atoms with Gasteiger partial charge in [-0.2, -0.15) is 0 Å². The third-order valence-electron chi connectivity index (χ3n) is 8.06. The summed E-state index contributed by atoms with van der Waals surface area (Å²) in [5, 5.41) is 7.34. The highest BCUT2D eigenvalue weighted by atomic mass is 16.6. The van der Waals surface area contributed by atoms with Gasteiger partial charge in [0.2, 0.25) is 11.8 Å². The van der Waals surface area contributed by atoms with Gasteiger partial charge in [0.1, 0.15) is 12.6 Å². The van der Waals surface area contributed by atoms with E-state index in [0.717, 1.165) is 22.2 Å². The van der Waals surface area contributed by atoms with Crippen LogP contribution in [-0.4, -0.2) is 75.9 Å². The van der Waals surface area contributed by atoms with E-state index in [1.165, 1.54) is 10.5 Å². The Hall–Kier alpha value is -4.70. The number of nitrogens with one attached hydrogen (secondary N) is 3. The van der Waals surface area contributed by atoms with Crippen molar-refractivity contribution in [1.82, 2.24) is 30.4 Å². The molecule has 2 aromatic carbocycles. The number of rotatable bonds is 7. The topological polar surface area (TPSA) is 120 Å². The maximum atomic E-state index is 13.8. The van der Waals surface area contributed by atoms with Gasteiger partial charge in [-0.15, -0.1) is 0 Å². The van der Waals surface area contributed by atoms with Gasteiger partial charge in [-0.25, -0.2) is 4.79 Å². The second kappa shape index (κ2) is 12.4. The number of piperazine rings is 1. The summed E-state index contributed by atoms with van der Waals surface area (Å²) in [4.78, 5) is 50.9. The van der Waals surface area contributed by atoms with Crippen LogP contribution < -0.4 is 10.6 Å². The van der Waals surface area contributed by atoms with Crippen molar-refractivity contribution in [1.29, 1.82) is 0 Å². The number of aromatic amines is 1. The first kappa shape index (κ1) is 27.5. The van der Waals surface area contributed by atoms with E-state index in [0.29, 0.717) is 13.0 Å². The first-order valence-corrected chi connectivity index (χ1v) is 14.3. The van der Waals surface area contributed by atoms with E-state index < -0.39 is 18.2 Å². The fourth-order valence-electron chi connectivity index (χ4n) is 5.78. The number of pyridine rings is 1. The van der Waals surface area contributed by atoms with Gasteiger partial charge >= 0.3 is 6.09 Å². The Bertz CT molecular complexity index is 1510. The number of benzene rings is 2. The largest absolute Gasteiger partial charge is 0.445 e. The van der Waals surface area contributed by atoms with Crippen molar-refractivity contribution in [2.24, 2.45) is 0 Å². The van der Waals surface area contributed by atoms with E-state index in [1.54, 1.807) is 17.3 Å². The molecule has 0 spiro atoms. The molecule has 3 amide bonds. The van der Waals surface area contributed by atoms with Crippen LogP contribution >= 0.6 is 0 Å². The molecule has 3 N–H and O–H groups in total. The summed E-state index contributed by atoms with van der Waals surface area (Å²) in [7, 11) is 0. The molecule has 2 saturated heterocycles. The molecule has 4 aromatic rings. The molecule has 2 aliphatic rings. The maximum Gasteiger partial charge on any atom is 0.410 e. The van der Waals surface area contributed by atoms with Gasteiger partial charge in [0.05, 0.1) is 30.8 Å². The molecule has 0 unspecified atom stereocenters. The van der Waals surface area contributed by atoms with Crippen LogP contribution in [0.15, 0.2) is 85.2 Å². The normalized spacial score (nSPS) is 20.4. The Morgan fingerprint density at radius 2 is 1.79 bits per heavy atom. The minimum absolute atomic E-state index is 0.0522. The lowest BCUT2D eigenvalue weighted by molar-refractivity contribution is -0.145. The minimum atomic E-state index is -0.848. The van der Waals surface area contributed by atoms with Crippen molar-refractivity contribution >= 4 is 28.8 Å². The lowest BCUT2D eigenvalue weighted by atomic mass is 9.95. The van der Waals surface area contributed by atoms with Crippen molar-refractivity contribution in [3.05, 3.63) is 102 Å². The van der Waals surface area contributed by atoms with Crippen molar-refractivity contribution in [2.45, 2.75) is 37.6 Å². The zero-order chi connectivity index (χ0) is 28.9. The summed E-state index contributed by atoms with van der Waals surface area (Å²) in [5.41, 5.74) is 3.77. The summed E-state index contributed by atoms with van der Waals surface area (Å²) in [6.07, 6.45) is 3.60. The standard InChI is InChI=1S/C32H34N6O4/c39-30(35-18-26-15-24-11-12-33-19-28(24)36-26)29-20-37(32(41)42-21-22-7-3-1-4-8-22)13-14-38(29)31(40)27-16-25(17-34-27)23-9-5-2-6-10-23/h1-12,15,19,25,27,29,34,36H,13-14,16-18,20-21H2,(H,35,39)/t25-,27-,29+/m1/s1. The fraction of sp³-hybridized carbons (Fsp3) is 0.312. The Morgan fingerprint density at radius 3 is 2.57 bits per heavy atom. The van der Waals surface area contributed by atoms with Crippen LogP contribution in [0.2, 0.25) is 0 Å².